The number of pyridine rings is 1. The maximum Gasteiger partial charge on any atom is 0.334 e. The first-order chi connectivity index (χ1) is 17.0. The van der Waals surface area contributed by atoms with Gasteiger partial charge in [-0.3, -0.25) is 34.1 Å². The molecule has 0 bridgehead atoms. The van der Waals surface area contributed by atoms with Crippen LogP contribution in [-0.4, -0.2) is 80.0 Å². The third-order valence-corrected chi connectivity index (χ3v) is 8.30. The van der Waals surface area contributed by atoms with E-state index < -0.39 is 40.8 Å². The largest absolute Gasteiger partial charge is 0.385 e. The number of carbonyl (C=O) groups is 5. The van der Waals surface area contributed by atoms with Gasteiger partial charge in [-0.05, 0) is 56.1 Å². The Labute approximate surface area is 207 Å². The van der Waals surface area contributed by atoms with Crippen molar-refractivity contribution < 1.29 is 24.0 Å². The van der Waals surface area contributed by atoms with Crippen molar-refractivity contribution in [2.24, 2.45) is 16.9 Å². The number of rotatable bonds is 3. The summed E-state index contributed by atoms with van der Waals surface area (Å²) in [6.45, 7) is -0.117. The fourth-order valence-corrected chi connectivity index (χ4v) is 6.37. The molecule has 3 heterocycles. The summed E-state index contributed by atoms with van der Waals surface area (Å²) >= 11 is 0. The second kappa shape index (κ2) is 8.04. The summed E-state index contributed by atoms with van der Waals surface area (Å²) in [6.07, 6.45) is 5.06. The number of imide groups is 3. The lowest BCUT2D eigenvalue weighted by atomic mass is 9.51. The summed E-state index contributed by atoms with van der Waals surface area (Å²) in [6, 6.07) is 3.67. The first-order valence-corrected chi connectivity index (χ1v) is 11.9. The minimum atomic E-state index is -0.836. The Bertz CT molecular complexity index is 1190. The van der Waals surface area contributed by atoms with Crippen LogP contribution >= 0.6 is 0 Å². The van der Waals surface area contributed by atoms with Crippen molar-refractivity contribution in [3.8, 4) is 0 Å². The number of hydrogen-bond donors (Lipinski definition) is 2. The lowest BCUT2D eigenvalue weighted by Gasteiger charge is -2.58. The van der Waals surface area contributed by atoms with E-state index in [9.17, 15) is 24.0 Å². The number of aromatic nitrogens is 1. The highest BCUT2D eigenvalue weighted by molar-refractivity contribution is 6.29. The molecule has 2 saturated carbocycles. The second-order valence-corrected chi connectivity index (χ2v) is 10.3. The molecule has 2 spiro atoms. The van der Waals surface area contributed by atoms with Gasteiger partial charge >= 0.3 is 12.1 Å². The Balaban J connectivity index is 1.34. The van der Waals surface area contributed by atoms with E-state index in [4.69, 9.17) is 11.5 Å². The van der Waals surface area contributed by atoms with E-state index in [1.165, 1.54) is 16.8 Å². The molecular weight excluding hydrogens is 466 g/mol. The van der Waals surface area contributed by atoms with Crippen LogP contribution in [0.4, 0.5) is 9.59 Å². The van der Waals surface area contributed by atoms with Crippen molar-refractivity contribution in [1.29, 1.82) is 0 Å². The number of barbiturate groups is 1. The van der Waals surface area contributed by atoms with Crippen molar-refractivity contribution >= 4 is 29.8 Å². The van der Waals surface area contributed by atoms with Crippen molar-refractivity contribution in [3.63, 3.8) is 0 Å². The molecule has 4 N–H and O–H groups in total. The zero-order valence-corrected chi connectivity index (χ0v) is 20.3. The van der Waals surface area contributed by atoms with Gasteiger partial charge in [0.2, 0.25) is 0 Å². The summed E-state index contributed by atoms with van der Waals surface area (Å²) in [5.74, 6) is -2.23. The van der Waals surface area contributed by atoms with Crippen LogP contribution in [0.2, 0.25) is 0 Å². The molecule has 0 radical (unpaired) electrons. The van der Waals surface area contributed by atoms with Gasteiger partial charge in [0.25, 0.3) is 17.7 Å². The molecule has 4 aliphatic rings. The smallest absolute Gasteiger partial charge is 0.334 e. The van der Waals surface area contributed by atoms with Gasteiger partial charge in [-0.1, -0.05) is 6.07 Å². The maximum atomic E-state index is 13.4. The van der Waals surface area contributed by atoms with Crippen LogP contribution in [-0.2, 0) is 20.9 Å². The van der Waals surface area contributed by atoms with Gasteiger partial charge in [0.05, 0.1) is 12.2 Å². The Morgan fingerprint density at radius 2 is 1.67 bits per heavy atom. The summed E-state index contributed by atoms with van der Waals surface area (Å²) < 4.78 is 0. The number of carbonyl (C=O) groups excluding carboxylic acids is 5. The third-order valence-electron chi connectivity index (χ3n) is 8.30. The highest BCUT2D eigenvalue weighted by atomic mass is 16.2. The zero-order chi connectivity index (χ0) is 26.0. The number of likely N-dealkylation sites (N-methyl/N-ethyl adjacent to an activating group) is 2. The maximum absolute atomic E-state index is 13.4. The molecule has 12 nitrogen and oxygen atoms in total. The normalized spacial score (nSPS) is 30.7. The summed E-state index contributed by atoms with van der Waals surface area (Å²) in [4.78, 5) is 73.6. The molecule has 4 fully saturated rings. The van der Waals surface area contributed by atoms with Gasteiger partial charge in [0.1, 0.15) is 16.9 Å². The molecule has 2 aliphatic carbocycles. The summed E-state index contributed by atoms with van der Waals surface area (Å²) in [5, 5.41) is 0. The molecule has 1 aromatic heterocycles. The second-order valence-electron chi connectivity index (χ2n) is 10.3. The lowest BCUT2D eigenvalue weighted by Crippen LogP contribution is -2.65. The molecule has 2 saturated heterocycles. The average molecular weight is 496 g/mol. The van der Waals surface area contributed by atoms with E-state index in [1.54, 1.807) is 31.4 Å². The monoisotopic (exact) mass is 495 g/mol. The van der Waals surface area contributed by atoms with Gasteiger partial charge in [-0.15, -0.1) is 0 Å². The van der Waals surface area contributed by atoms with Gasteiger partial charge in [0.15, 0.2) is 0 Å². The van der Waals surface area contributed by atoms with Crippen LogP contribution in [0.3, 0.4) is 0 Å². The van der Waals surface area contributed by atoms with E-state index in [1.807, 2.05) is 0 Å². The number of nitrogens with zero attached hydrogens (tertiary/aromatic N) is 5. The van der Waals surface area contributed by atoms with Crippen LogP contribution in [0.1, 0.15) is 44.2 Å². The Morgan fingerprint density at radius 1 is 1.00 bits per heavy atom. The van der Waals surface area contributed by atoms with Crippen molar-refractivity contribution in [1.82, 2.24) is 24.6 Å². The van der Waals surface area contributed by atoms with Crippen LogP contribution in [0, 0.1) is 5.41 Å². The highest BCUT2D eigenvalue weighted by Crippen LogP contribution is 2.61. The van der Waals surface area contributed by atoms with Crippen LogP contribution in [0.15, 0.2) is 35.8 Å². The molecule has 2 aliphatic heterocycles. The summed E-state index contributed by atoms with van der Waals surface area (Å²) in [5.41, 5.74) is 10.5. The van der Waals surface area contributed by atoms with Crippen LogP contribution in [0.25, 0.3) is 0 Å². The van der Waals surface area contributed by atoms with E-state index >= 15 is 0 Å². The number of amides is 7. The minimum absolute atomic E-state index is 0.117. The Hall–Kier alpha value is -3.96. The van der Waals surface area contributed by atoms with Gasteiger partial charge < -0.3 is 16.4 Å². The van der Waals surface area contributed by atoms with Crippen LogP contribution in [0.5, 0.6) is 0 Å². The standard InChI is InChI=1S/C24H29N7O5/c1-28-20(34)24(29(2)21(28)35)12-23(13-24)8-6-15(7-9-23)31-19(33)16(17(25)26)18(32)30(22(31)36)11-14-5-3-4-10-27-14/h3-5,10,15H,6-9,11-13,25-26H2,1-2H3. The molecule has 190 valence electrons. The molecule has 1 aromatic rings. The molecule has 0 atom stereocenters. The summed E-state index contributed by atoms with van der Waals surface area (Å²) in [7, 11) is 3.16. The predicted octanol–water partition coefficient (Wildman–Crippen LogP) is 0.487. The van der Waals surface area contributed by atoms with E-state index in [0.29, 0.717) is 44.2 Å². The topological polar surface area (TPSA) is 163 Å². The van der Waals surface area contributed by atoms with Crippen molar-refractivity contribution in [3.05, 3.63) is 41.5 Å². The van der Waals surface area contributed by atoms with Crippen LogP contribution < -0.4 is 11.5 Å². The zero-order valence-electron chi connectivity index (χ0n) is 20.3. The molecular formula is C24H29N7O5. The number of hydrogen-bond acceptors (Lipinski definition) is 8. The first-order valence-electron chi connectivity index (χ1n) is 11.9. The third kappa shape index (κ3) is 3.27. The molecule has 5 rings (SSSR count). The number of nitrogens with two attached hydrogens (primary N) is 2. The van der Waals surface area contributed by atoms with Crippen molar-refractivity contribution in [2.45, 2.75) is 56.7 Å². The SMILES string of the molecule is CN1C(=O)N(C)C2(CC3(CCC(N4C(=O)C(=C(N)N)C(=O)N(Cc5ccccn5)C4=O)CC3)C2)C1=O. The quantitative estimate of drug-likeness (QED) is 0.347. The van der Waals surface area contributed by atoms with E-state index in [0.717, 1.165) is 9.80 Å². The first kappa shape index (κ1) is 23.8. The molecule has 36 heavy (non-hydrogen) atoms. The molecule has 7 amide bonds. The lowest BCUT2D eigenvalue weighted by molar-refractivity contribution is -0.149. The Morgan fingerprint density at radius 3 is 2.19 bits per heavy atom. The fourth-order valence-electron chi connectivity index (χ4n) is 6.37. The van der Waals surface area contributed by atoms with Gasteiger partial charge in [-0.2, -0.15) is 0 Å². The average Bonchev–Trinajstić information content (AvgIpc) is 2.99. The minimum Gasteiger partial charge on any atom is -0.385 e. The van der Waals surface area contributed by atoms with Gasteiger partial charge in [-0.25, -0.2) is 9.59 Å². The van der Waals surface area contributed by atoms with E-state index in [2.05, 4.69) is 4.98 Å². The molecule has 0 aromatic carbocycles. The van der Waals surface area contributed by atoms with Crippen molar-refractivity contribution in [2.75, 3.05) is 14.1 Å². The number of urea groups is 2. The predicted molar refractivity (Wildman–Crippen MR) is 125 cm³/mol. The fraction of sp³-hybridized carbons (Fsp3) is 0.500. The molecule has 12 heteroatoms. The molecule has 0 unspecified atom stereocenters. The van der Waals surface area contributed by atoms with E-state index in [-0.39, 0.29) is 23.9 Å². The Kier molecular flexibility index (Phi) is 5.31. The van der Waals surface area contributed by atoms with Gasteiger partial charge in [0, 0.05) is 26.3 Å². The highest BCUT2D eigenvalue weighted by Gasteiger charge is 2.67.